The number of rotatable bonds is 3. The van der Waals surface area contributed by atoms with Gasteiger partial charge in [0.15, 0.2) is 0 Å². The van der Waals surface area contributed by atoms with Crippen LogP contribution in [0.2, 0.25) is 0 Å². The molecule has 3 heteroatoms. The van der Waals surface area contributed by atoms with Crippen LogP contribution in [0.4, 0.5) is 0 Å². The van der Waals surface area contributed by atoms with Crippen molar-refractivity contribution in [2.75, 3.05) is 13.1 Å². The number of aliphatic hydroxyl groups excluding tert-OH is 1. The smallest absolute Gasteiger partial charge is 0.104 e. The largest absolute Gasteiger partial charge is 0.379 e. The lowest BCUT2D eigenvalue weighted by Crippen LogP contribution is -2.52. The fraction of sp³-hybridized carbons (Fsp3) is 1.00. The van der Waals surface area contributed by atoms with Gasteiger partial charge in [0.1, 0.15) is 6.23 Å². The van der Waals surface area contributed by atoms with Gasteiger partial charge in [-0.05, 0) is 26.3 Å². The van der Waals surface area contributed by atoms with Crippen LogP contribution in [0.1, 0.15) is 26.7 Å². The van der Waals surface area contributed by atoms with E-state index in [9.17, 15) is 5.11 Å². The molecule has 0 radical (unpaired) electrons. The van der Waals surface area contributed by atoms with E-state index < -0.39 is 0 Å². The van der Waals surface area contributed by atoms with Crippen molar-refractivity contribution < 1.29 is 5.11 Å². The van der Waals surface area contributed by atoms with E-state index in [1.165, 1.54) is 12.8 Å². The predicted octanol–water partition coefficient (Wildman–Crippen LogP) is 0.151. The summed E-state index contributed by atoms with van der Waals surface area (Å²) in [6.45, 7) is 6.08. The van der Waals surface area contributed by atoms with Gasteiger partial charge in [0.05, 0.1) is 0 Å². The van der Waals surface area contributed by atoms with E-state index in [1.54, 1.807) is 0 Å². The van der Waals surface area contributed by atoms with Crippen molar-refractivity contribution in [1.29, 1.82) is 0 Å². The van der Waals surface area contributed by atoms with E-state index in [1.807, 2.05) is 6.92 Å². The summed E-state index contributed by atoms with van der Waals surface area (Å²) >= 11 is 0. The monoisotopic (exact) mass is 170 g/mol. The number of nitrogens with one attached hydrogen (secondary N) is 1. The fourth-order valence-electron chi connectivity index (χ4n) is 2.70. The summed E-state index contributed by atoms with van der Waals surface area (Å²) in [6.07, 6.45) is 2.19. The molecule has 70 valence electrons. The maximum atomic E-state index is 9.43. The molecule has 12 heavy (non-hydrogen) atoms. The van der Waals surface area contributed by atoms with Crippen molar-refractivity contribution in [3.05, 3.63) is 0 Å². The third-order valence-corrected chi connectivity index (χ3v) is 3.24. The first kappa shape index (κ1) is 8.48. The second-order valence-electron chi connectivity index (χ2n) is 4.18. The summed E-state index contributed by atoms with van der Waals surface area (Å²) in [6, 6.07) is 0.643. The highest BCUT2D eigenvalue weighted by Crippen LogP contribution is 2.44. The molecular weight excluding hydrogens is 152 g/mol. The van der Waals surface area contributed by atoms with Crippen LogP contribution < -0.4 is 5.32 Å². The van der Waals surface area contributed by atoms with Gasteiger partial charge in [-0.15, -0.1) is 0 Å². The molecular formula is C9H18N2O. The Morgan fingerprint density at radius 3 is 2.75 bits per heavy atom. The van der Waals surface area contributed by atoms with Crippen molar-refractivity contribution in [3.8, 4) is 0 Å². The quantitative estimate of drug-likeness (QED) is 0.633. The predicted molar refractivity (Wildman–Crippen MR) is 47.8 cm³/mol. The molecule has 2 heterocycles. The van der Waals surface area contributed by atoms with Gasteiger partial charge in [-0.1, -0.05) is 6.92 Å². The topological polar surface area (TPSA) is 35.5 Å². The van der Waals surface area contributed by atoms with Crippen molar-refractivity contribution in [3.63, 3.8) is 0 Å². The Kier molecular flexibility index (Phi) is 1.90. The molecule has 2 N–H and O–H groups in total. The van der Waals surface area contributed by atoms with Gasteiger partial charge in [0, 0.05) is 18.1 Å². The Morgan fingerprint density at radius 1 is 1.67 bits per heavy atom. The van der Waals surface area contributed by atoms with Crippen LogP contribution in [0.5, 0.6) is 0 Å². The summed E-state index contributed by atoms with van der Waals surface area (Å²) in [7, 11) is 0. The summed E-state index contributed by atoms with van der Waals surface area (Å²) < 4.78 is 0. The Bertz CT molecular complexity index is 175. The van der Waals surface area contributed by atoms with Gasteiger partial charge in [-0.2, -0.15) is 0 Å². The maximum absolute atomic E-state index is 9.43. The first-order chi connectivity index (χ1) is 5.67. The molecule has 1 atom stereocenters. The third kappa shape index (κ3) is 1.08. The van der Waals surface area contributed by atoms with E-state index in [0.29, 0.717) is 11.6 Å². The van der Waals surface area contributed by atoms with Gasteiger partial charge >= 0.3 is 0 Å². The Hall–Kier alpha value is -0.120. The standard InChI is InChI=1S/C9H18N2O/c1-3-10-9-4-8(5-9)11(6-9)7(2)12/h7-8,10,12H,3-6H2,1-2H3. The van der Waals surface area contributed by atoms with E-state index in [4.69, 9.17) is 0 Å². The number of hydrogen-bond donors (Lipinski definition) is 2. The van der Waals surface area contributed by atoms with Crippen LogP contribution in [0.15, 0.2) is 0 Å². The van der Waals surface area contributed by atoms with E-state index in [2.05, 4.69) is 17.1 Å². The lowest BCUT2D eigenvalue weighted by atomic mass is 9.78. The van der Waals surface area contributed by atoms with Crippen molar-refractivity contribution in [1.82, 2.24) is 10.2 Å². The molecule has 0 aromatic carbocycles. The first-order valence-electron chi connectivity index (χ1n) is 4.86. The molecule has 0 amide bonds. The number of fused-ring (bicyclic) bond motifs is 1. The maximum Gasteiger partial charge on any atom is 0.104 e. The zero-order chi connectivity index (χ0) is 8.77. The summed E-state index contributed by atoms with van der Waals surface area (Å²) in [5.41, 5.74) is 0.358. The Balaban J connectivity index is 1.96. The second kappa shape index (κ2) is 2.69. The average Bonchev–Trinajstić information content (AvgIpc) is 2.41. The van der Waals surface area contributed by atoms with E-state index in [0.717, 1.165) is 13.1 Å². The molecule has 3 nitrogen and oxygen atoms in total. The fourth-order valence-corrected chi connectivity index (χ4v) is 2.70. The molecule has 0 aromatic heterocycles. The van der Waals surface area contributed by atoms with Crippen LogP contribution >= 0.6 is 0 Å². The Labute approximate surface area is 73.8 Å². The molecule has 2 bridgehead atoms. The number of hydrogen-bond acceptors (Lipinski definition) is 3. The zero-order valence-electron chi connectivity index (χ0n) is 7.88. The average molecular weight is 170 g/mol. The summed E-state index contributed by atoms with van der Waals surface area (Å²) in [5.74, 6) is 0. The van der Waals surface area contributed by atoms with Crippen molar-refractivity contribution >= 4 is 0 Å². The number of likely N-dealkylation sites (N-methyl/N-ethyl adjacent to an activating group) is 1. The first-order valence-corrected chi connectivity index (χ1v) is 4.86. The number of aliphatic hydroxyl groups is 1. The van der Waals surface area contributed by atoms with Crippen LogP contribution in [0.3, 0.4) is 0 Å². The highest BCUT2D eigenvalue weighted by Gasteiger charge is 2.55. The molecule has 0 aromatic rings. The second-order valence-corrected chi connectivity index (χ2v) is 4.18. The minimum Gasteiger partial charge on any atom is -0.379 e. The highest BCUT2D eigenvalue weighted by atomic mass is 16.3. The normalized spacial score (nSPS) is 42.8. The van der Waals surface area contributed by atoms with Gasteiger partial charge in [-0.25, -0.2) is 0 Å². The molecule has 1 saturated carbocycles. The van der Waals surface area contributed by atoms with Gasteiger partial charge in [-0.3, -0.25) is 4.90 Å². The SMILES string of the molecule is CCNC12CC(C1)N(C(C)O)C2. The lowest BCUT2D eigenvalue weighted by Gasteiger charge is -2.38. The van der Waals surface area contributed by atoms with Gasteiger partial charge in [0.2, 0.25) is 0 Å². The molecule has 2 aliphatic heterocycles. The number of nitrogens with zero attached hydrogens (tertiary/aromatic N) is 1. The molecule has 2 saturated heterocycles. The van der Waals surface area contributed by atoms with Crippen LogP contribution in [-0.2, 0) is 0 Å². The Morgan fingerprint density at radius 2 is 2.33 bits per heavy atom. The summed E-state index contributed by atoms with van der Waals surface area (Å²) in [4.78, 5) is 2.20. The molecule has 3 fully saturated rings. The van der Waals surface area contributed by atoms with E-state index in [-0.39, 0.29) is 6.23 Å². The molecule has 3 aliphatic rings. The van der Waals surface area contributed by atoms with Crippen LogP contribution in [0, 0.1) is 0 Å². The molecule has 3 rings (SSSR count). The zero-order valence-corrected chi connectivity index (χ0v) is 7.88. The third-order valence-electron chi connectivity index (χ3n) is 3.24. The van der Waals surface area contributed by atoms with E-state index >= 15 is 0 Å². The minimum atomic E-state index is -0.266. The van der Waals surface area contributed by atoms with Gasteiger partial charge < -0.3 is 10.4 Å². The van der Waals surface area contributed by atoms with Crippen molar-refractivity contribution in [2.45, 2.75) is 44.5 Å². The highest BCUT2D eigenvalue weighted by molar-refractivity contribution is 5.14. The van der Waals surface area contributed by atoms with Crippen molar-refractivity contribution in [2.24, 2.45) is 0 Å². The molecule has 0 spiro atoms. The lowest BCUT2D eigenvalue weighted by molar-refractivity contribution is 0.0170. The van der Waals surface area contributed by atoms with Crippen LogP contribution in [-0.4, -0.2) is 40.9 Å². The summed E-state index contributed by atoms with van der Waals surface area (Å²) in [5, 5.41) is 12.9. The minimum absolute atomic E-state index is 0.266. The molecule has 1 unspecified atom stereocenters. The van der Waals surface area contributed by atoms with Crippen LogP contribution in [0.25, 0.3) is 0 Å². The molecule has 1 aliphatic carbocycles. The van der Waals surface area contributed by atoms with Gasteiger partial charge in [0.25, 0.3) is 0 Å².